The zero-order valence-corrected chi connectivity index (χ0v) is 12.8. The molecule has 1 unspecified atom stereocenters. The van der Waals surface area contributed by atoms with Gasteiger partial charge in [0.2, 0.25) is 5.60 Å². The minimum atomic E-state index is -1.01. The van der Waals surface area contributed by atoms with Crippen LogP contribution in [0.15, 0.2) is 36.4 Å². The number of fused-ring (bicyclic) bond motifs is 3. The summed E-state index contributed by atoms with van der Waals surface area (Å²) in [5.74, 6) is 2.05. The maximum absolute atomic E-state index is 9.76. The van der Waals surface area contributed by atoms with Crippen molar-refractivity contribution in [3.05, 3.63) is 42.0 Å². The topological polar surface area (TPSA) is 51.5 Å². The fourth-order valence-corrected chi connectivity index (χ4v) is 2.98. The third kappa shape index (κ3) is 1.82. The first-order valence-corrected chi connectivity index (χ1v) is 7.16. The molecule has 2 aromatic carbocycles. The summed E-state index contributed by atoms with van der Waals surface area (Å²) in [6, 6.07) is 13.6. The maximum Gasteiger partial charge on any atom is 0.220 e. The Morgan fingerprint density at radius 1 is 1.05 bits per heavy atom. The predicted octanol–water partition coefficient (Wildman–Crippen LogP) is 3.89. The number of nitrogens with zero attached hydrogens (tertiary/aromatic N) is 1. The van der Waals surface area contributed by atoms with Crippen LogP contribution in [0.5, 0.6) is 17.2 Å². The van der Waals surface area contributed by atoms with Gasteiger partial charge in [0.15, 0.2) is 0 Å². The van der Waals surface area contributed by atoms with Gasteiger partial charge in [0.25, 0.3) is 0 Å². The molecule has 1 heterocycles. The Labute approximate surface area is 129 Å². The lowest BCUT2D eigenvalue weighted by atomic mass is 9.82. The smallest absolute Gasteiger partial charge is 0.220 e. The van der Waals surface area contributed by atoms with Gasteiger partial charge in [-0.3, -0.25) is 0 Å². The van der Waals surface area contributed by atoms with Gasteiger partial charge in [-0.2, -0.15) is 5.26 Å². The van der Waals surface area contributed by atoms with Gasteiger partial charge in [-0.15, -0.1) is 0 Å². The van der Waals surface area contributed by atoms with Gasteiger partial charge in [0.05, 0.1) is 19.8 Å². The van der Waals surface area contributed by atoms with Crippen LogP contribution in [-0.2, 0) is 5.60 Å². The molecule has 2 aromatic rings. The second-order valence-electron chi connectivity index (χ2n) is 5.11. The third-order valence-electron chi connectivity index (χ3n) is 4.10. The van der Waals surface area contributed by atoms with E-state index >= 15 is 0 Å². The zero-order chi connectivity index (χ0) is 15.7. The lowest BCUT2D eigenvalue weighted by Gasteiger charge is -2.35. The van der Waals surface area contributed by atoms with Crippen LogP contribution in [0.2, 0.25) is 0 Å². The Morgan fingerprint density at radius 2 is 1.68 bits per heavy atom. The number of benzene rings is 2. The van der Waals surface area contributed by atoms with E-state index in [2.05, 4.69) is 6.07 Å². The van der Waals surface area contributed by atoms with Crippen LogP contribution < -0.4 is 14.2 Å². The van der Waals surface area contributed by atoms with E-state index in [4.69, 9.17) is 14.2 Å². The monoisotopic (exact) mass is 295 g/mol. The van der Waals surface area contributed by atoms with Gasteiger partial charge in [-0.25, -0.2) is 0 Å². The first kappa shape index (κ1) is 14.3. The highest BCUT2D eigenvalue weighted by atomic mass is 16.5. The number of rotatable bonds is 3. The van der Waals surface area contributed by atoms with Crippen LogP contribution in [0.3, 0.4) is 0 Å². The molecular formula is C18H17NO3. The summed E-state index contributed by atoms with van der Waals surface area (Å²) in [5, 5.41) is 9.76. The molecule has 1 atom stereocenters. The second-order valence-corrected chi connectivity index (χ2v) is 5.11. The summed E-state index contributed by atoms with van der Waals surface area (Å²) < 4.78 is 17.1. The second kappa shape index (κ2) is 5.27. The van der Waals surface area contributed by atoms with E-state index in [1.807, 2.05) is 43.3 Å². The van der Waals surface area contributed by atoms with E-state index in [0.29, 0.717) is 23.7 Å². The minimum Gasteiger partial charge on any atom is -0.496 e. The molecule has 0 radical (unpaired) electrons. The first-order chi connectivity index (χ1) is 10.7. The van der Waals surface area contributed by atoms with E-state index in [1.54, 1.807) is 14.2 Å². The Bertz CT molecular complexity index is 763. The quantitative estimate of drug-likeness (QED) is 0.862. The van der Waals surface area contributed by atoms with Crippen LogP contribution in [0, 0.1) is 11.3 Å². The Morgan fingerprint density at radius 3 is 2.27 bits per heavy atom. The van der Waals surface area contributed by atoms with Crippen LogP contribution in [0.25, 0.3) is 11.1 Å². The highest BCUT2D eigenvalue weighted by molar-refractivity contribution is 5.86. The normalized spacial score (nSPS) is 18.5. The molecule has 112 valence electrons. The third-order valence-corrected chi connectivity index (χ3v) is 4.10. The largest absolute Gasteiger partial charge is 0.496 e. The SMILES string of the molecule is CCC1(C#N)Oc2cccc(OC)c2-c2c(OC)cccc21. The van der Waals surface area contributed by atoms with Crippen molar-refractivity contribution in [1.82, 2.24) is 0 Å². The number of ether oxygens (including phenoxy) is 3. The average molecular weight is 295 g/mol. The highest BCUT2D eigenvalue weighted by Crippen LogP contribution is 2.53. The van der Waals surface area contributed by atoms with Crippen molar-refractivity contribution in [2.75, 3.05) is 14.2 Å². The summed E-state index contributed by atoms with van der Waals surface area (Å²) in [7, 11) is 3.25. The van der Waals surface area contributed by atoms with Gasteiger partial charge >= 0.3 is 0 Å². The summed E-state index contributed by atoms with van der Waals surface area (Å²) in [6.45, 7) is 1.94. The molecule has 0 spiro atoms. The number of hydrogen-bond donors (Lipinski definition) is 0. The molecule has 0 N–H and O–H groups in total. The molecule has 1 aliphatic rings. The van der Waals surface area contributed by atoms with Crippen molar-refractivity contribution in [3.63, 3.8) is 0 Å². The van der Waals surface area contributed by atoms with E-state index in [9.17, 15) is 5.26 Å². The Kier molecular flexibility index (Phi) is 3.42. The molecule has 1 aliphatic heterocycles. The van der Waals surface area contributed by atoms with Gasteiger partial charge < -0.3 is 14.2 Å². The van der Waals surface area contributed by atoms with Crippen LogP contribution in [0.4, 0.5) is 0 Å². The molecule has 4 heteroatoms. The maximum atomic E-state index is 9.76. The Hall–Kier alpha value is -2.67. The van der Waals surface area contributed by atoms with E-state index < -0.39 is 5.60 Å². The van der Waals surface area contributed by atoms with Crippen molar-refractivity contribution in [2.24, 2.45) is 0 Å². The molecule has 0 saturated heterocycles. The molecule has 0 aromatic heterocycles. The molecule has 3 rings (SSSR count). The standard InChI is InChI=1S/C18H17NO3/c1-4-18(11-19)12-7-5-8-13(20-2)16(12)17-14(21-3)9-6-10-15(17)22-18/h5-10H,4H2,1-3H3. The number of hydrogen-bond acceptors (Lipinski definition) is 4. The van der Waals surface area contributed by atoms with Gasteiger partial charge in [-0.05, 0) is 18.2 Å². The lowest BCUT2D eigenvalue weighted by molar-refractivity contribution is 0.119. The summed E-state index contributed by atoms with van der Waals surface area (Å²) in [6.07, 6.45) is 0.542. The predicted molar refractivity (Wildman–Crippen MR) is 83.2 cm³/mol. The van der Waals surface area contributed by atoms with E-state index in [1.165, 1.54) is 0 Å². The molecule has 0 amide bonds. The number of methoxy groups -OCH3 is 2. The average Bonchev–Trinajstić information content (AvgIpc) is 2.59. The molecule has 0 fully saturated rings. The van der Waals surface area contributed by atoms with Crippen molar-refractivity contribution in [2.45, 2.75) is 18.9 Å². The van der Waals surface area contributed by atoms with E-state index in [-0.39, 0.29) is 0 Å². The Balaban J connectivity index is 2.42. The molecule has 22 heavy (non-hydrogen) atoms. The fourth-order valence-electron chi connectivity index (χ4n) is 2.98. The van der Waals surface area contributed by atoms with Crippen molar-refractivity contribution in [1.29, 1.82) is 5.26 Å². The highest BCUT2D eigenvalue weighted by Gasteiger charge is 2.42. The summed E-state index contributed by atoms with van der Waals surface area (Å²) in [4.78, 5) is 0. The van der Waals surface area contributed by atoms with Crippen molar-refractivity contribution in [3.8, 4) is 34.4 Å². The summed E-state index contributed by atoms with van der Waals surface area (Å²) >= 11 is 0. The van der Waals surface area contributed by atoms with Crippen LogP contribution in [-0.4, -0.2) is 14.2 Å². The number of nitriles is 1. The van der Waals surface area contributed by atoms with Crippen molar-refractivity contribution >= 4 is 0 Å². The van der Waals surface area contributed by atoms with Gasteiger partial charge in [0, 0.05) is 17.5 Å². The minimum absolute atomic E-state index is 0.542. The van der Waals surface area contributed by atoms with E-state index in [0.717, 1.165) is 16.7 Å². The molecule has 0 bridgehead atoms. The summed E-state index contributed by atoms with van der Waals surface area (Å²) in [5.41, 5.74) is 1.50. The molecule has 0 aliphatic carbocycles. The van der Waals surface area contributed by atoms with Gasteiger partial charge in [0.1, 0.15) is 23.3 Å². The fraction of sp³-hybridized carbons (Fsp3) is 0.278. The van der Waals surface area contributed by atoms with Crippen LogP contribution >= 0.6 is 0 Å². The lowest BCUT2D eigenvalue weighted by Crippen LogP contribution is -2.34. The van der Waals surface area contributed by atoms with Gasteiger partial charge in [-0.1, -0.05) is 25.1 Å². The molecule has 0 saturated carbocycles. The van der Waals surface area contributed by atoms with Crippen LogP contribution in [0.1, 0.15) is 18.9 Å². The molecule has 4 nitrogen and oxygen atoms in total. The first-order valence-electron chi connectivity index (χ1n) is 7.16. The van der Waals surface area contributed by atoms with Crippen molar-refractivity contribution < 1.29 is 14.2 Å². The molecular weight excluding hydrogens is 278 g/mol. The zero-order valence-electron chi connectivity index (χ0n) is 12.8.